The monoisotopic (exact) mass is 241 g/mol. The second-order valence-electron chi connectivity index (χ2n) is 4.14. The fourth-order valence-electron chi connectivity index (χ4n) is 1.82. The summed E-state index contributed by atoms with van der Waals surface area (Å²) in [5.74, 6) is 0.958. The van der Waals surface area contributed by atoms with Gasteiger partial charge in [0.1, 0.15) is 5.82 Å². The molecule has 2 heterocycles. The minimum atomic E-state index is 0.354. The Bertz CT molecular complexity index is 310. The van der Waals surface area contributed by atoms with Crippen molar-refractivity contribution in [2.24, 2.45) is 0 Å². The molecular formula is C11H19N3OS. The molecule has 5 heteroatoms. The fourth-order valence-corrected chi connectivity index (χ4v) is 2.44. The van der Waals surface area contributed by atoms with Crippen LogP contribution < -0.4 is 5.32 Å². The highest BCUT2D eigenvalue weighted by atomic mass is 32.1. The predicted octanol–water partition coefficient (Wildman–Crippen LogP) is 2.47. The lowest BCUT2D eigenvalue weighted by Crippen LogP contribution is -2.26. The quantitative estimate of drug-likeness (QED) is 0.860. The minimum absolute atomic E-state index is 0.354. The van der Waals surface area contributed by atoms with Crippen LogP contribution in [0.4, 0.5) is 5.13 Å². The summed E-state index contributed by atoms with van der Waals surface area (Å²) in [5.41, 5.74) is 0. The number of rotatable bonds is 5. The molecule has 1 aliphatic rings. The van der Waals surface area contributed by atoms with E-state index in [9.17, 15) is 0 Å². The first-order chi connectivity index (χ1) is 7.88. The first-order valence-electron chi connectivity index (χ1n) is 6.06. The Kier molecular flexibility index (Phi) is 4.54. The molecule has 0 radical (unpaired) electrons. The number of nitrogens with one attached hydrogen (secondary N) is 1. The summed E-state index contributed by atoms with van der Waals surface area (Å²) in [6.45, 7) is 3.91. The van der Waals surface area contributed by atoms with Crippen molar-refractivity contribution in [3.63, 3.8) is 0 Å². The van der Waals surface area contributed by atoms with E-state index in [1.165, 1.54) is 24.4 Å². The second-order valence-corrected chi connectivity index (χ2v) is 4.89. The van der Waals surface area contributed by atoms with Gasteiger partial charge < -0.3 is 10.1 Å². The molecule has 1 aromatic rings. The van der Waals surface area contributed by atoms with Gasteiger partial charge in [0, 0.05) is 31.1 Å². The largest absolute Gasteiger partial charge is 0.376 e. The molecule has 0 aromatic carbocycles. The molecule has 2 rings (SSSR count). The number of aromatic nitrogens is 2. The summed E-state index contributed by atoms with van der Waals surface area (Å²) in [7, 11) is 0. The normalized spacial score (nSPS) is 20.9. The van der Waals surface area contributed by atoms with E-state index in [-0.39, 0.29) is 0 Å². The van der Waals surface area contributed by atoms with E-state index >= 15 is 0 Å². The van der Waals surface area contributed by atoms with Crippen LogP contribution in [-0.2, 0) is 11.2 Å². The molecule has 0 saturated carbocycles. The Morgan fingerprint density at radius 3 is 3.19 bits per heavy atom. The first kappa shape index (κ1) is 11.8. The molecule has 16 heavy (non-hydrogen) atoms. The maximum atomic E-state index is 5.65. The van der Waals surface area contributed by atoms with Gasteiger partial charge in [0.05, 0.1) is 6.10 Å². The molecule has 1 aromatic heterocycles. The van der Waals surface area contributed by atoms with Crippen LogP contribution in [0.5, 0.6) is 0 Å². The molecule has 0 spiro atoms. The lowest BCUT2D eigenvalue weighted by molar-refractivity contribution is 0.0247. The van der Waals surface area contributed by atoms with Crippen LogP contribution in [0.3, 0.4) is 0 Å². The highest BCUT2D eigenvalue weighted by Gasteiger charge is 2.14. The third kappa shape index (κ3) is 3.42. The highest BCUT2D eigenvalue weighted by molar-refractivity contribution is 7.09. The number of hydrogen-bond donors (Lipinski definition) is 1. The molecule has 1 atom stereocenters. The van der Waals surface area contributed by atoms with Gasteiger partial charge in [-0.3, -0.25) is 0 Å². The topological polar surface area (TPSA) is 47.0 Å². The molecule has 0 bridgehead atoms. The zero-order valence-corrected chi connectivity index (χ0v) is 10.6. The van der Waals surface area contributed by atoms with Gasteiger partial charge in [0.25, 0.3) is 0 Å². The summed E-state index contributed by atoms with van der Waals surface area (Å²) in [5, 5.41) is 4.24. The zero-order chi connectivity index (χ0) is 11.2. The lowest BCUT2D eigenvalue weighted by Gasteiger charge is -2.22. The van der Waals surface area contributed by atoms with E-state index < -0.39 is 0 Å². The van der Waals surface area contributed by atoms with E-state index in [0.29, 0.717) is 6.10 Å². The van der Waals surface area contributed by atoms with Crippen LogP contribution in [0.15, 0.2) is 0 Å². The third-order valence-electron chi connectivity index (χ3n) is 2.70. The van der Waals surface area contributed by atoms with E-state index in [0.717, 1.165) is 43.4 Å². The van der Waals surface area contributed by atoms with Gasteiger partial charge in [0.15, 0.2) is 0 Å². The van der Waals surface area contributed by atoms with E-state index in [1.54, 1.807) is 0 Å². The number of aryl methyl sites for hydroxylation is 1. The van der Waals surface area contributed by atoms with Crippen molar-refractivity contribution >= 4 is 16.7 Å². The summed E-state index contributed by atoms with van der Waals surface area (Å²) < 4.78 is 9.94. The van der Waals surface area contributed by atoms with E-state index in [2.05, 4.69) is 21.6 Å². The van der Waals surface area contributed by atoms with Crippen LogP contribution in [0.25, 0.3) is 0 Å². The van der Waals surface area contributed by atoms with Crippen molar-refractivity contribution in [3.8, 4) is 0 Å². The summed E-state index contributed by atoms with van der Waals surface area (Å²) in [6, 6.07) is 0. The molecule has 4 nitrogen and oxygen atoms in total. The van der Waals surface area contributed by atoms with E-state index in [4.69, 9.17) is 4.74 Å². The standard InChI is InChI=1S/C11H19N3OS/c1-2-5-10-13-11(16-14-10)12-8-9-6-3-4-7-15-9/h9H,2-8H2,1H3,(H,12,13,14). The average Bonchev–Trinajstić information content (AvgIpc) is 2.76. The number of anilines is 1. The molecule has 1 unspecified atom stereocenters. The summed E-state index contributed by atoms with van der Waals surface area (Å²) in [6.07, 6.45) is 6.07. The van der Waals surface area contributed by atoms with Gasteiger partial charge in [-0.2, -0.15) is 4.37 Å². The average molecular weight is 241 g/mol. The van der Waals surface area contributed by atoms with Gasteiger partial charge in [0.2, 0.25) is 5.13 Å². The third-order valence-corrected chi connectivity index (χ3v) is 3.41. The molecule has 0 amide bonds. The van der Waals surface area contributed by atoms with E-state index in [1.807, 2.05) is 0 Å². The molecular weight excluding hydrogens is 222 g/mol. The van der Waals surface area contributed by atoms with Crippen LogP contribution >= 0.6 is 11.5 Å². The maximum Gasteiger partial charge on any atom is 0.202 e. The van der Waals surface area contributed by atoms with Crippen LogP contribution in [0.1, 0.15) is 38.4 Å². The SMILES string of the molecule is CCCc1nsc(NCC2CCCCO2)n1. The van der Waals surface area contributed by atoms with Gasteiger partial charge in [-0.1, -0.05) is 6.92 Å². The van der Waals surface area contributed by atoms with Crippen LogP contribution in [0.2, 0.25) is 0 Å². The Morgan fingerprint density at radius 1 is 1.50 bits per heavy atom. The lowest BCUT2D eigenvalue weighted by atomic mass is 10.1. The first-order valence-corrected chi connectivity index (χ1v) is 6.84. The molecule has 1 fully saturated rings. The Morgan fingerprint density at radius 2 is 2.44 bits per heavy atom. The van der Waals surface area contributed by atoms with Crippen molar-refractivity contribution in [3.05, 3.63) is 5.82 Å². The van der Waals surface area contributed by atoms with Crippen molar-refractivity contribution in [2.75, 3.05) is 18.5 Å². The van der Waals surface area contributed by atoms with Gasteiger partial charge in [-0.15, -0.1) is 0 Å². The van der Waals surface area contributed by atoms with Crippen LogP contribution in [0, 0.1) is 0 Å². The Labute approximate surface area is 101 Å². The second kappa shape index (κ2) is 6.15. The fraction of sp³-hybridized carbons (Fsp3) is 0.818. The summed E-state index contributed by atoms with van der Waals surface area (Å²) in [4.78, 5) is 4.43. The Hall–Kier alpha value is -0.680. The van der Waals surface area contributed by atoms with Crippen LogP contribution in [-0.4, -0.2) is 28.6 Å². The van der Waals surface area contributed by atoms with Crippen molar-refractivity contribution in [2.45, 2.75) is 45.1 Å². The number of hydrogen-bond acceptors (Lipinski definition) is 5. The Balaban J connectivity index is 1.75. The zero-order valence-electron chi connectivity index (χ0n) is 9.74. The number of ether oxygens (including phenoxy) is 1. The summed E-state index contributed by atoms with van der Waals surface area (Å²) >= 11 is 1.45. The molecule has 1 N–H and O–H groups in total. The maximum absolute atomic E-state index is 5.65. The molecule has 1 aliphatic heterocycles. The molecule has 1 saturated heterocycles. The molecule has 0 aliphatic carbocycles. The van der Waals surface area contributed by atoms with Crippen molar-refractivity contribution in [1.29, 1.82) is 0 Å². The molecule has 90 valence electrons. The van der Waals surface area contributed by atoms with Crippen molar-refractivity contribution < 1.29 is 4.74 Å². The van der Waals surface area contributed by atoms with Gasteiger partial charge >= 0.3 is 0 Å². The minimum Gasteiger partial charge on any atom is -0.376 e. The highest BCUT2D eigenvalue weighted by Crippen LogP contribution is 2.16. The predicted molar refractivity (Wildman–Crippen MR) is 66.0 cm³/mol. The van der Waals surface area contributed by atoms with Crippen molar-refractivity contribution in [1.82, 2.24) is 9.36 Å². The van der Waals surface area contributed by atoms with Gasteiger partial charge in [-0.25, -0.2) is 4.98 Å². The van der Waals surface area contributed by atoms with Gasteiger partial charge in [-0.05, 0) is 25.7 Å². The number of nitrogens with zero attached hydrogens (tertiary/aromatic N) is 2. The smallest absolute Gasteiger partial charge is 0.202 e.